The number of hydrogen-bond acceptors (Lipinski definition) is 5. The number of nitrogens with zero attached hydrogens (tertiary/aromatic N) is 2. The lowest BCUT2D eigenvalue weighted by Crippen LogP contribution is -2.44. The number of carbonyl (C=O) groups is 1. The molecule has 1 aromatic rings. The van der Waals surface area contributed by atoms with E-state index in [1.165, 1.54) is 12.6 Å². The molecule has 1 heterocycles. The molecule has 1 fully saturated rings. The molecule has 0 amide bonds. The normalized spacial score (nSPS) is 18.0. The minimum absolute atomic E-state index is 0.0378. The number of carboxylic acids is 1. The summed E-state index contributed by atoms with van der Waals surface area (Å²) in [4.78, 5) is 19.1. The summed E-state index contributed by atoms with van der Waals surface area (Å²) >= 11 is 0. The summed E-state index contributed by atoms with van der Waals surface area (Å²) in [5.41, 5.74) is 0.163. The SMILES string of the molecule is Cc1nc(NC2(CO)CCCCC2)ncc1C(=O)O. The van der Waals surface area contributed by atoms with Crippen LogP contribution in [0.2, 0.25) is 0 Å². The van der Waals surface area contributed by atoms with Crippen LogP contribution in [0.1, 0.15) is 48.2 Å². The molecule has 0 saturated heterocycles. The molecule has 1 aromatic heterocycles. The number of anilines is 1. The largest absolute Gasteiger partial charge is 0.478 e. The van der Waals surface area contributed by atoms with Crippen LogP contribution in [0.15, 0.2) is 6.20 Å². The van der Waals surface area contributed by atoms with Crippen LogP contribution in [0.5, 0.6) is 0 Å². The molecule has 0 unspecified atom stereocenters. The predicted octanol–water partition coefficient (Wildman–Crippen LogP) is 1.59. The first-order valence-electron chi connectivity index (χ1n) is 6.52. The first-order chi connectivity index (χ1) is 9.06. The molecule has 0 aliphatic heterocycles. The Bertz CT molecular complexity index is 470. The van der Waals surface area contributed by atoms with Crippen molar-refractivity contribution in [3.63, 3.8) is 0 Å². The molecule has 1 aliphatic carbocycles. The van der Waals surface area contributed by atoms with Gasteiger partial charge in [-0.3, -0.25) is 0 Å². The average molecular weight is 265 g/mol. The number of aryl methyl sites for hydroxylation is 1. The molecule has 104 valence electrons. The van der Waals surface area contributed by atoms with Gasteiger partial charge in [0.2, 0.25) is 5.95 Å². The van der Waals surface area contributed by atoms with E-state index in [4.69, 9.17) is 5.11 Å². The monoisotopic (exact) mass is 265 g/mol. The van der Waals surface area contributed by atoms with Gasteiger partial charge < -0.3 is 15.5 Å². The summed E-state index contributed by atoms with van der Waals surface area (Å²) in [5, 5.41) is 21.7. The molecule has 0 radical (unpaired) electrons. The van der Waals surface area contributed by atoms with Crippen molar-refractivity contribution in [3.05, 3.63) is 17.5 Å². The number of aromatic nitrogens is 2. The van der Waals surface area contributed by atoms with Gasteiger partial charge in [-0.15, -0.1) is 0 Å². The van der Waals surface area contributed by atoms with Gasteiger partial charge in [-0.1, -0.05) is 19.3 Å². The third-order valence-electron chi connectivity index (χ3n) is 3.70. The van der Waals surface area contributed by atoms with Gasteiger partial charge in [0.15, 0.2) is 0 Å². The fraction of sp³-hybridized carbons (Fsp3) is 0.615. The average Bonchev–Trinajstić information content (AvgIpc) is 2.39. The van der Waals surface area contributed by atoms with Gasteiger partial charge in [-0.25, -0.2) is 14.8 Å². The minimum atomic E-state index is -1.03. The van der Waals surface area contributed by atoms with Crippen LogP contribution in [0.25, 0.3) is 0 Å². The topological polar surface area (TPSA) is 95.3 Å². The Hall–Kier alpha value is -1.69. The van der Waals surface area contributed by atoms with Crippen molar-refractivity contribution in [2.75, 3.05) is 11.9 Å². The molecule has 0 bridgehead atoms. The molecule has 1 saturated carbocycles. The predicted molar refractivity (Wildman–Crippen MR) is 70.3 cm³/mol. The first-order valence-corrected chi connectivity index (χ1v) is 6.52. The maximum Gasteiger partial charge on any atom is 0.339 e. The Morgan fingerprint density at radius 3 is 2.63 bits per heavy atom. The number of hydrogen-bond donors (Lipinski definition) is 3. The second-order valence-electron chi connectivity index (χ2n) is 5.12. The quantitative estimate of drug-likeness (QED) is 0.765. The molecule has 0 aromatic carbocycles. The van der Waals surface area contributed by atoms with Crippen LogP contribution in [0.3, 0.4) is 0 Å². The van der Waals surface area contributed by atoms with Crippen LogP contribution >= 0.6 is 0 Å². The van der Waals surface area contributed by atoms with Gasteiger partial charge in [0.05, 0.1) is 23.4 Å². The molecular formula is C13H19N3O3. The molecule has 0 atom stereocenters. The van der Waals surface area contributed by atoms with Crippen LogP contribution in [-0.4, -0.2) is 38.3 Å². The van der Waals surface area contributed by atoms with E-state index >= 15 is 0 Å². The maximum absolute atomic E-state index is 10.9. The Balaban J connectivity index is 2.18. The standard InChI is InChI=1S/C13H19N3O3/c1-9-10(11(18)19)7-14-12(15-9)16-13(8-17)5-3-2-4-6-13/h7,17H,2-6,8H2,1H3,(H,18,19)(H,14,15,16). The van der Waals surface area contributed by atoms with Crippen molar-refractivity contribution in [1.82, 2.24) is 9.97 Å². The lowest BCUT2D eigenvalue weighted by atomic mass is 9.82. The molecule has 2 rings (SSSR count). The summed E-state index contributed by atoms with van der Waals surface area (Å²) in [6.07, 6.45) is 6.39. The molecule has 19 heavy (non-hydrogen) atoms. The van der Waals surface area contributed by atoms with Crippen molar-refractivity contribution in [3.8, 4) is 0 Å². The third kappa shape index (κ3) is 3.01. The van der Waals surface area contributed by atoms with E-state index in [9.17, 15) is 9.90 Å². The summed E-state index contributed by atoms with van der Waals surface area (Å²) in [6.45, 7) is 1.68. The highest BCUT2D eigenvalue weighted by molar-refractivity contribution is 5.88. The van der Waals surface area contributed by atoms with Gasteiger partial charge in [0, 0.05) is 6.20 Å². The smallest absolute Gasteiger partial charge is 0.339 e. The fourth-order valence-corrected chi connectivity index (χ4v) is 2.53. The first kappa shape index (κ1) is 13.7. The lowest BCUT2D eigenvalue weighted by Gasteiger charge is -2.36. The van der Waals surface area contributed by atoms with Crippen molar-refractivity contribution in [2.45, 2.75) is 44.6 Å². The van der Waals surface area contributed by atoms with Crippen molar-refractivity contribution < 1.29 is 15.0 Å². The van der Waals surface area contributed by atoms with E-state index in [-0.39, 0.29) is 17.7 Å². The highest BCUT2D eigenvalue weighted by atomic mass is 16.4. The van der Waals surface area contributed by atoms with Crippen molar-refractivity contribution in [2.24, 2.45) is 0 Å². The molecule has 3 N–H and O–H groups in total. The summed E-state index contributed by atoms with van der Waals surface area (Å²) < 4.78 is 0. The Labute approximate surface area is 111 Å². The molecular weight excluding hydrogens is 246 g/mol. The number of aliphatic hydroxyl groups is 1. The number of aromatic carboxylic acids is 1. The zero-order chi connectivity index (χ0) is 13.9. The third-order valence-corrected chi connectivity index (χ3v) is 3.70. The van der Waals surface area contributed by atoms with E-state index in [0.29, 0.717) is 11.6 Å². The molecule has 6 heteroatoms. The highest BCUT2D eigenvalue weighted by Gasteiger charge is 2.32. The van der Waals surface area contributed by atoms with E-state index in [0.717, 1.165) is 25.7 Å². The second kappa shape index (κ2) is 5.52. The van der Waals surface area contributed by atoms with Gasteiger partial charge in [-0.05, 0) is 19.8 Å². The van der Waals surface area contributed by atoms with E-state index in [2.05, 4.69) is 15.3 Å². The number of rotatable bonds is 4. The highest BCUT2D eigenvalue weighted by Crippen LogP contribution is 2.30. The van der Waals surface area contributed by atoms with Crippen LogP contribution in [-0.2, 0) is 0 Å². The zero-order valence-electron chi connectivity index (χ0n) is 11.0. The van der Waals surface area contributed by atoms with Gasteiger partial charge in [0.25, 0.3) is 0 Å². The fourth-order valence-electron chi connectivity index (χ4n) is 2.53. The molecule has 1 aliphatic rings. The Kier molecular flexibility index (Phi) is 3.99. The van der Waals surface area contributed by atoms with Crippen LogP contribution in [0.4, 0.5) is 5.95 Å². The molecule has 0 spiro atoms. The second-order valence-corrected chi connectivity index (χ2v) is 5.12. The number of carboxylic acid groups (broad SMARTS) is 1. The van der Waals surface area contributed by atoms with Gasteiger partial charge in [0.1, 0.15) is 0 Å². The van der Waals surface area contributed by atoms with Gasteiger partial charge >= 0.3 is 5.97 Å². The Morgan fingerprint density at radius 2 is 2.11 bits per heavy atom. The summed E-state index contributed by atoms with van der Waals surface area (Å²) in [5.74, 6) is -0.642. The number of nitrogens with one attached hydrogen (secondary N) is 1. The number of aliphatic hydroxyl groups excluding tert-OH is 1. The van der Waals surface area contributed by atoms with Gasteiger partial charge in [-0.2, -0.15) is 0 Å². The Morgan fingerprint density at radius 1 is 1.42 bits per heavy atom. The van der Waals surface area contributed by atoms with Crippen LogP contribution in [0, 0.1) is 6.92 Å². The van der Waals surface area contributed by atoms with E-state index in [1.54, 1.807) is 6.92 Å². The molecule has 6 nitrogen and oxygen atoms in total. The summed E-state index contributed by atoms with van der Waals surface area (Å²) in [6, 6.07) is 0. The van der Waals surface area contributed by atoms with Crippen molar-refractivity contribution >= 4 is 11.9 Å². The lowest BCUT2D eigenvalue weighted by molar-refractivity contribution is 0.0695. The zero-order valence-corrected chi connectivity index (χ0v) is 11.0. The van der Waals surface area contributed by atoms with Crippen molar-refractivity contribution in [1.29, 1.82) is 0 Å². The van der Waals surface area contributed by atoms with Crippen LogP contribution < -0.4 is 5.32 Å². The van der Waals surface area contributed by atoms with E-state index in [1.807, 2.05) is 0 Å². The maximum atomic E-state index is 10.9. The van der Waals surface area contributed by atoms with E-state index < -0.39 is 5.97 Å². The summed E-state index contributed by atoms with van der Waals surface area (Å²) in [7, 11) is 0. The minimum Gasteiger partial charge on any atom is -0.478 e.